The fourth-order valence-electron chi connectivity index (χ4n) is 5.57. The van der Waals surface area contributed by atoms with Crippen molar-refractivity contribution in [1.29, 1.82) is 0 Å². The molecule has 13 heteroatoms. The van der Waals surface area contributed by atoms with E-state index in [0.717, 1.165) is 19.1 Å². The smallest absolute Gasteiger partial charge is 0.255 e. The Kier molecular flexibility index (Phi) is 8.80. The van der Waals surface area contributed by atoms with Crippen molar-refractivity contribution in [2.75, 3.05) is 19.9 Å². The summed E-state index contributed by atoms with van der Waals surface area (Å²) in [4.78, 5) is 34.8. The Morgan fingerprint density at radius 1 is 1.21 bits per heavy atom. The third-order valence-electron chi connectivity index (χ3n) is 7.43. The maximum absolute atomic E-state index is 14.2. The van der Waals surface area contributed by atoms with Gasteiger partial charge in [-0.05, 0) is 42.2 Å². The van der Waals surface area contributed by atoms with Crippen LogP contribution < -0.4 is 11.2 Å². The van der Waals surface area contributed by atoms with Crippen LogP contribution in [0.4, 0.5) is 0 Å². The van der Waals surface area contributed by atoms with Crippen molar-refractivity contribution in [2.45, 2.75) is 49.7 Å². The van der Waals surface area contributed by atoms with Crippen LogP contribution in [0.2, 0.25) is 5.02 Å². The summed E-state index contributed by atoms with van der Waals surface area (Å²) < 4.78 is 26.5. The van der Waals surface area contributed by atoms with Gasteiger partial charge >= 0.3 is 0 Å². The molecule has 1 aliphatic carbocycles. The molecule has 4 rings (SSSR count). The van der Waals surface area contributed by atoms with E-state index < -0.39 is 40.0 Å². The van der Waals surface area contributed by atoms with E-state index in [4.69, 9.17) is 27.4 Å². The van der Waals surface area contributed by atoms with E-state index in [9.17, 15) is 18.0 Å². The van der Waals surface area contributed by atoms with Gasteiger partial charge in [-0.1, -0.05) is 59.9 Å². The zero-order chi connectivity index (χ0) is 28.3. The number of benzene rings is 2. The number of hydrogen-bond donors (Lipinski definition) is 3. The molecule has 1 fully saturated rings. The predicted octanol–water partition coefficient (Wildman–Crippen LogP) is 2.62. The maximum Gasteiger partial charge on any atom is 0.255 e. The molecule has 0 aromatic heterocycles. The fourth-order valence-corrected chi connectivity index (χ4v) is 6.44. The first-order chi connectivity index (χ1) is 18.5. The number of hydrogen-bond acceptors (Lipinski definition) is 7. The Morgan fingerprint density at radius 2 is 1.87 bits per heavy atom. The van der Waals surface area contributed by atoms with Crippen molar-refractivity contribution >= 4 is 39.3 Å². The van der Waals surface area contributed by atoms with Gasteiger partial charge in [-0.3, -0.25) is 14.4 Å². The van der Waals surface area contributed by atoms with Crippen LogP contribution in [-0.4, -0.2) is 72.5 Å². The van der Waals surface area contributed by atoms with Gasteiger partial charge in [0.2, 0.25) is 10.0 Å². The van der Waals surface area contributed by atoms with Crippen molar-refractivity contribution in [3.8, 4) is 0 Å². The molecule has 0 bridgehead atoms. The topological polar surface area (TPSA) is 155 Å². The molecule has 39 heavy (non-hydrogen) atoms. The van der Waals surface area contributed by atoms with Crippen molar-refractivity contribution in [2.24, 2.45) is 10.9 Å². The predicted molar refractivity (Wildman–Crippen MR) is 146 cm³/mol. The second-order valence-corrected chi connectivity index (χ2v) is 12.3. The number of likely N-dealkylation sites (N-methyl/N-ethyl adjacent to an activating group) is 1. The van der Waals surface area contributed by atoms with Gasteiger partial charge in [-0.25, -0.2) is 18.2 Å². The van der Waals surface area contributed by atoms with Gasteiger partial charge in [0.05, 0.1) is 18.2 Å². The molecule has 0 radical (unpaired) electrons. The van der Waals surface area contributed by atoms with Crippen LogP contribution in [0, 0.1) is 0 Å². The Labute approximate surface area is 232 Å². The van der Waals surface area contributed by atoms with E-state index in [-0.39, 0.29) is 18.3 Å². The highest BCUT2D eigenvalue weighted by Crippen LogP contribution is 2.46. The van der Waals surface area contributed by atoms with Gasteiger partial charge in [0.15, 0.2) is 5.84 Å². The number of carbonyl (C=O) groups excluding carboxylic acids is 2. The Balaban J connectivity index is 1.86. The van der Waals surface area contributed by atoms with E-state index in [2.05, 4.69) is 10.6 Å². The molecule has 1 heterocycles. The number of nitrogens with one attached hydrogen (secondary N) is 1. The number of rotatable bonds is 8. The fraction of sp³-hybridized carbons (Fsp3) is 0.423. The van der Waals surface area contributed by atoms with E-state index in [0.29, 0.717) is 34.6 Å². The number of oxime groups is 1. The van der Waals surface area contributed by atoms with Crippen LogP contribution in [-0.2, 0) is 19.7 Å². The van der Waals surface area contributed by atoms with Gasteiger partial charge in [0.1, 0.15) is 6.61 Å². The molecule has 1 aliphatic heterocycles. The number of nitrogens with zero attached hydrogens (tertiary/aromatic N) is 3. The summed E-state index contributed by atoms with van der Waals surface area (Å²) in [6, 6.07) is 12.0. The zero-order valence-corrected chi connectivity index (χ0v) is 23.2. The number of halogens is 1. The highest BCUT2D eigenvalue weighted by Gasteiger charge is 2.49. The normalized spacial score (nSPS) is 23.9. The lowest BCUT2D eigenvalue weighted by molar-refractivity contribution is -0.136. The van der Waals surface area contributed by atoms with Crippen LogP contribution in [0.5, 0.6) is 0 Å². The van der Waals surface area contributed by atoms with Crippen LogP contribution in [0.3, 0.4) is 0 Å². The molecule has 4 N–H and O–H groups in total. The van der Waals surface area contributed by atoms with Gasteiger partial charge in [-0.15, -0.1) is 0 Å². The minimum atomic E-state index is -3.56. The summed E-state index contributed by atoms with van der Waals surface area (Å²) in [7, 11) is -2.03. The molecule has 0 saturated heterocycles. The lowest BCUT2D eigenvalue weighted by atomic mass is 9.76. The minimum absolute atomic E-state index is 0.237. The van der Waals surface area contributed by atoms with Crippen LogP contribution in [0.1, 0.15) is 59.1 Å². The number of sulfonamides is 1. The van der Waals surface area contributed by atoms with Crippen molar-refractivity contribution in [3.63, 3.8) is 0 Å². The molecule has 210 valence electrons. The summed E-state index contributed by atoms with van der Waals surface area (Å²) >= 11 is 6.17. The number of hydroxylamine groups is 1. The first kappa shape index (κ1) is 28.8. The standard InChI is InChI=1S/C26H32ClN5O6S/c1-31(39(2,36)37)20-9-5-6-10-21(20)32-24(16-11-13-17(27)14-12-16)23(25(33)30-38-15-22(28)29-35)18-7-3-4-8-19(18)26(32)34/h3-4,7-8,11-14,20-21,23-24,35H,5-6,9-10,15H2,1-2H3,(H2,28,29)(H,30,33)/t20-,21-,23+,24-/m0/s1. The van der Waals surface area contributed by atoms with Crippen molar-refractivity contribution < 1.29 is 28.1 Å². The number of amidine groups is 1. The summed E-state index contributed by atoms with van der Waals surface area (Å²) in [6.45, 7) is -0.352. The van der Waals surface area contributed by atoms with Crippen LogP contribution in [0.15, 0.2) is 53.7 Å². The SMILES string of the molecule is CN([C@H]1CCCC[C@@H]1N1C(=O)c2ccccc2[C@@H](C(=O)NOC/C(N)=N/O)[C@@H]1c1ccc(Cl)cc1)S(C)(=O)=O. The molecule has 11 nitrogen and oxygen atoms in total. The molecule has 2 aromatic rings. The van der Waals surface area contributed by atoms with Crippen molar-refractivity contribution in [1.82, 2.24) is 14.7 Å². The highest BCUT2D eigenvalue weighted by molar-refractivity contribution is 7.88. The summed E-state index contributed by atoms with van der Waals surface area (Å²) in [5.41, 5.74) is 9.37. The zero-order valence-electron chi connectivity index (χ0n) is 21.7. The quantitative estimate of drug-likeness (QED) is 0.188. The lowest BCUT2D eigenvalue weighted by Crippen LogP contribution is -2.59. The summed E-state index contributed by atoms with van der Waals surface area (Å²) in [6.07, 6.45) is 3.91. The summed E-state index contributed by atoms with van der Waals surface area (Å²) in [5.74, 6) is -1.99. The third kappa shape index (κ3) is 6.03. The highest BCUT2D eigenvalue weighted by atomic mass is 35.5. The average molecular weight is 578 g/mol. The van der Waals surface area contributed by atoms with Crippen LogP contribution >= 0.6 is 11.6 Å². The molecule has 2 aliphatic rings. The number of amides is 2. The van der Waals surface area contributed by atoms with Gasteiger partial charge in [-0.2, -0.15) is 0 Å². The largest absolute Gasteiger partial charge is 0.409 e. The lowest BCUT2D eigenvalue weighted by Gasteiger charge is -2.50. The second-order valence-electron chi connectivity index (χ2n) is 9.82. The first-order valence-corrected chi connectivity index (χ1v) is 14.7. The first-order valence-electron chi connectivity index (χ1n) is 12.5. The van der Waals surface area contributed by atoms with E-state index >= 15 is 0 Å². The number of carbonyl (C=O) groups is 2. The summed E-state index contributed by atoms with van der Waals surface area (Å²) in [5, 5.41) is 12.1. The Morgan fingerprint density at radius 3 is 2.54 bits per heavy atom. The van der Waals surface area contributed by atoms with Gasteiger partial charge in [0.25, 0.3) is 11.8 Å². The average Bonchev–Trinajstić information content (AvgIpc) is 2.92. The molecule has 0 spiro atoms. The molecular weight excluding hydrogens is 546 g/mol. The maximum atomic E-state index is 14.2. The van der Waals surface area contributed by atoms with E-state index in [1.165, 1.54) is 11.4 Å². The molecule has 1 saturated carbocycles. The molecule has 0 unspecified atom stereocenters. The minimum Gasteiger partial charge on any atom is -0.409 e. The van der Waals surface area contributed by atoms with Gasteiger partial charge < -0.3 is 15.8 Å². The van der Waals surface area contributed by atoms with Crippen molar-refractivity contribution in [3.05, 3.63) is 70.2 Å². The van der Waals surface area contributed by atoms with E-state index in [1.807, 2.05) is 0 Å². The molecule has 4 atom stereocenters. The Bertz CT molecular complexity index is 1350. The number of fused-ring (bicyclic) bond motifs is 1. The molecule has 2 aromatic carbocycles. The van der Waals surface area contributed by atoms with Gasteiger partial charge in [0, 0.05) is 29.7 Å². The monoisotopic (exact) mass is 577 g/mol. The molecular formula is C26H32ClN5O6S. The third-order valence-corrected chi connectivity index (χ3v) is 9.00. The number of nitrogens with two attached hydrogens (primary N) is 1. The second kappa shape index (κ2) is 11.9. The Hall–Kier alpha value is -3.19. The van der Waals surface area contributed by atoms with E-state index in [1.54, 1.807) is 53.4 Å². The molecule has 2 amide bonds. The van der Waals surface area contributed by atoms with Crippen LogP contribution in [0.25, 0.3) is 0 Å².